The Morgan fingerprint density at radius 2 is 1.96 bits per heavy atom. The van der Waals surface area contributed by atoms with Crippen LogP contribution in [0.25, 0.3) is 11.3 Å². The maximum atomic E-state index is 13.4. The molecule has 0 bridgehead atoms. The second-order valence-corrected chi connectivity index (χ2v) is 6.71. The number of nitrogens with one attached hydrogen (secondary N) is 2. The highest BCUT2D eigenvalue weighted by Crippen LogP contribution is 2.30. The lowest BCUT2D eigenvalue weighted by Gasteiger charge is -2.24. The number of benzene rings is 2. The van der Waals surface area contributed by atoms with Crippen molar-refractivity contribution in [1.82, 2.24) is 10.2 Å². The number of aromatic amines is 1. The fourth-order valence-corrected chi connectivity index (χ4v) is 3.15. The van der Waals surface area contributed by atoms with Crippen LogP contribution in [-0.2, 0) is 11.2 Å². The molecule has 1 aromatic heterocycles. The Hall–Kier alpha value is -2.93. The molecule has 0 aliphatic carbocycles. The smallest absolute Gasteiger partial charge is 0.232 e. The normalized spacial score (nSPS) is 15.7. The summed E-state index contributed by atoms with van der Waals surface area (Å²) in [4.78, 5) is 12.5. The zero-order valence-electron chi connectivity index (χ0n) is 13.9. The van der Waals surface area contributed by atoms with E-state index in [1.54, 1.807) is 12.1 Å². The molecular weight excluding hydrogens is 376 g/mol. The zero-order chi connectivity index (χ0) is 19.0. The maximum absolute atomic E-state index is 13.4. The van der Waals surface area contributed by atoms with Crippen LogP contribution in [0.3, 0.4) is 0 Å². The Balaban J connectivity index is 1.46. The SMILES string of the molecule is O=C(Nc1cc(-c2cc(F)cc(F)c2)[nH]n1)C1COc2cc(Cl)ccc2C1. The van der Waals surface area contributed by atoms with Crippen LogP contribution in [0.15, 0.2) is 42.5 Å². The Morgan fingerprint density at radius 3 is 2.74 bits per heavy atom. The van der Waals surface area contributed by atoms with Crippen molar-refractivity contribution < 1.29 is 18.3 Å². The summed E-state index contributed by atoms with van der Waals surface area (Å²) in [6.07, 6.45) is 0.519. The Morgan fingerprint density at radius 1 is 1.19 bits per heavy atom. The zero-order valence-corrected chi connectivity index (χ0v) is 14.7. The van der Waals surface area contributed by atoms with E-state index in [2.05, 4.69) is 15.5 Å². The minimum Gasteiger partial charge on any atom is -0.492 e. The number of carbonyl (C=O) groups excluding carboxylic acids is 1. The first-order valence-electron chi connectivity index (χ1n) is 8.22. The third kappa shape index (κ3) is 3.78. The van der Waals surface area contributed by atoms with Crippen molar-refractivity contribution in [1.29, 1.82) is 0 Å². The predicted molar refractivity (Wildman–Crippen MR) is 96.7 cm³/mol. The van der Waals surface area contributed by atoms with Gasteiger partial charge in [0, 0.05) is 22.7 Å². The number of nitrogens with zero attached hydrogens (tertiary/aromatic N) is 1. The number of carbonyl (C=O) groups is 1. The van der Waals surface area contributed by atoms with Gasteiger partial charge in [0.2, 0.25) is 5.91 Å². The van der Waals surface area contributed by atoms with Gasteiger partial charge in [-0.15, -0.1) is 0 Å². The molecule has 3 aromatic rings. The van der Waals surface area contributed by atoms with Gasteiger partial charge in [-0.05, 0) is 36.2 Å². The molecule has 1 atom stereocenters. The Kier molecular flexibility index (Phi) is 4.53. The lowest BCUT2D eigenvalue weighted by atomic mass is 9.96. The molecule has 4 rings (SSSR count). The van der Waals surface area contributed by atoms with Crippen molar-refractivity contribution in [3.8, 4) is 17.0 Å². The molecule has 1 aliphatic rings. The van der Waals surface area contributed by atoms with E-state index in [0.717, 1.165) is 11.6 Å². The molecule has 0 fully saturated rings. The highest BCUT2D eigenvalue weighted by molar-refractivity contribution is 6.30. The van der Waals surface area contributed by atoms with E-state index in [-0.39, 0.29) is 24.2 Å². The molecule has 5 nitrogen and oxygen atoms in total. The van der Waals surface area contributed by atoms with Crippen molar-refractivity contribution in [3.63, 3.8) is 0 Å². The van der Waals surface area contributed by atoms with E-state index < -0.39 is 11.6 Å². The van der Waals surface area contributed by atoms with Crippen LogP contribution in [0.5, 0.6) is 5.75 Å². The van der Waals surface area contributed by atoms with E-state index in [0.29, 0.717) is 28.5 Å². The quantitative estimate of drug-likeness (QED) is 0.705. The van der Waals surface area contributed by atoms with Gasteiger partial charge in [0.15, 0.2) is 5.82 Å². The first-order valence-corrected chi connectivity index (χ1v) is 8.60. The van der Waals surface area contributed by atoms with E-state index in [1.165, 1.54) is 18.2 Å². The van der Waals surface area contributed by atoms with Gasteiger partial charge < -0.3 is 10.1 Å². The van der Waals surface area contributed by atoms with Crippen molar-refractivity contribution in [3.05, 3.63) is 64.7 Å². The average molecular weight is 390 g/mol. The van der Waals surface area contributed by atoms with Gasteiger partial charge in [-0.25, -0.2) is 8.78 Å². The summed E-state index contributed by atoms with van der Waals surface area (Å²) in [6.45, 7) is 0.228. The highest BCUT2D eigenvalue weighted by Gasteiger charge is 2.26. The minimum absolute atomic E-state index is 0.228. The monoisotopic (exact) mass is 389 g/mol. The maximum Gasteiger partial charge on any atom is 0.232 e. The lowest BCUT2D eigenvalue weighted by Crippen LogP contribution is -2.32. The summed E-state index contributed by atoms with van der Waals surface area (Å²) in [5.41, 5.74) is 1.60. The number of anilines is 1. The van der Waals surface area contributed by atoms with Crippen LogP contribution in [0.1, 0.15) is 5.56 Å². The summed E-state index contributed by atoms with van der Waals surface area (Å²) in [5, 5.41) is 9.92. The van der Waals surface area contributed by atoms with Gasteiger partial charge in [-0.1, -0.05) is 17.7 Å². The largest absolute Gasteiger partial charge is 0.492 e. The second-order valence-electron chi connectivity index (χ2n) is 6.28. The number of rotatable bonds is 3. The number of hydrogen-bond acceptors (Lipinski definition) is 3. The van der Waals surface area contributed by atoms with Gasteiger partial charge in [0.1, 0.15) is 24.0 Å². The van der Waals surface area contributed by atoms with E-state index >= 15 is 0 Å². The molecule has 0 saturated heterocycles. The van der Waals surface area contributed by atoms with Crippen molar-refractivity contribution in [2.45, 2.75) is 6.42 Å². The van der Waals surface area contributed by atoms with Crippen molar-refractivity contribution >= 4 is 23.3 Å². The molecule has 0 saturated carbocycles. The van der Waals surface area contributed by atoms with Crippen molar-refractivity contribution in [2.75, 3.05) is 11.9 Å². The lowest BCUT2D eigenvalue weighted by molar-refractivity contribution is -0.121. The van der Waals surface area contributed by atoms with Gasteiger partial charge >= 0.3 is 0 Å². The number of hydrogen-bond donors (Lipinski definition) is 2. The second kappa shape index (κ2) is 7.00. The number of H-pyrrole nitrogens is 1. The third-order valence-electron chi connectivity index (χ3n) is 4.31. The summed E-state index contributed by atoms with van der Waals surface area (Å²) in [5.74, 6) is -1.07. The Bertz CT molecular complexity index is 1000. The molecule has 2 heterocycles. The van der Waals surface area contributed by atoms with Crippen molar-refractivity contribution in [2.24, 2.45) is 5.92 Å². The number of amides is 1. The predicted octanol–water partition coefficient (Wildman–Crippen LogP) is 4.20. The average Bonchev–Trinajstić information content (AvgIpc) is 3.09. The first-order chi connectivity index (χ1) is 13.0. The third-order valence-corrected chi connectivity index (χ3v) is 4.54. The van der Waals surface area contributed by atoms with Crippen LogP contribution in [0.2, 0.25) is 5.02 Å². The van der Waals surface area contributed by atoms with Gasteiger partial charge in [-0.3, -0.25) is 9.89 Å². The molecule has 2 N–H and O–H groups in total. The van der Waals surface area contributed by atoms with Gasteiger partial charge in [-0.2, -0.15) is 5.10 Å². The first kappa shape index (κ1) is 17.5. The molecule has 0 radical (unpaired) electrons. The van der Waals surface area contributed by atoms with E-state index in [9.17, 15) is 13.6 Å². The van der Waals surface area contributed by atoms with Gasteiger partial charge in [0.25, 0.3) is 0 Å². The van der Waals surface area contributed by atoms with E-state index in [1.807, 2.05) is 6.07 Å². The standard InChI is InChI=1S/C19H14ClF2N3O2/c20-13-2-1-10-3-12(9-27-17(10)6-13)19(26)23-18-8-16(24-25-18)11-4-14(21)7-15(22)5-11/h1-2,4-8,12H,3,9H2,(H2,23,24,25,26). The molecule has 1 amide bonds. The number of aromatic nitrogens is 2. The Labute approximate surface area is 158 Å². The summed E-state index contributed by atoms with van der Waals surface area (Å²) in [6, 6.07) is 9.98. The van der Waals surface area contributed by atoms with Crippen LogP contribution in [-0.4, -0.2) is 22.7 Å². The fraction of sp³-hybridized carbons (Fsp3) is 0.158. The van der Waals surface area contributed by atoms with Crippen LogP contribution in [0.4, 0.5) is 14.6 Å². The van der Waals surface area contributed by atoms with Crippen LogP contribution in [0, 0.1) is 17.6 Å². The molecule has 2 aromatic carbocycles. The molecular formula is C19H14ClF2N3O2. The van der Waals surface area contributed by atoms with Crippen LogP contribution < -0.4 is 10.1 Å². The number of ether oxygens (including phenoxy) is 1. The molecule has 8 heteroatoms. The molecule has 1 unspecified atom stereocenters. The molecule has 0 spiro atoms. The number of fused-ring (bicyclic) bond motifs is 1. The minimum atomic E-state index is -0.691. The fourth-order valence-electron chi connectivity index (χ4n) is 2.99. The topological polar surface area (TPSA) is 67.0 Å². The molecule has 138 valence electrons. The van der Waals surface area contributed by atoms with E-state index in [4.69, 9.17) is 16.3 Å². The summed E-state index contributed by atoms with van der Waals surface area (Å²) < 4.78 is 32.3. The summed E-state index contributed by atoms with van der Waals surface area (Å²) >= 11 is 5.94. The van der Waals surface area contributed by atoms with Crippen LogP contribution >= 0.6 is 11.6 Å². The van der Waals surface area contributed by atoms with Gasteiger partial charge in [0.05, 0.1) is 11.6 Å². The molecule has 1 aliphatic heterocycles. The highest BCUT2D eigenvalue weighted by atomic mass is 35.5. The molecule has 27 heavy (non-hydrogen) atoms. The number of halogens is 3. The summed E-state index contributed by atoms with van der Waals surface area (Å²) in [7, 11) is 0.